The molecule has 0 saturated carbocycles. The lowest BCUT2D eigenvalue weighted by atomic mass is 10.1. The molecule has 10 nitrogen and oxygen atoms in total. The third-order valence-corrected chi connectivity index (χ3v) is 9.72. The van der Waals surface area contributed by atoms with Gasteiger partial charge >= 0.3 is 11.9 Å². The van der Waals surface area contributed by atoms with Gasteiger partial charge < -0.3 is 27.9 Å². The molecule has 1 unspecified atom stereocenters. The smallest absolute Gasteiger partial charge is 0.306 e. The van der Waals surface area contributed by atoms with Crippen LogP contribution in [0, 0.1) is 0 Å². The first-order chi connectivity index (χ1) is 29.4. The summed E-state index contributed by atoms with van der Waals surface area (Å²) < 4.78 is 33.8. The van der Waals surface area contributed by atoms with Crippen LogP contribution in [0.5, 0.6) is 0 Å². The van der Waals surface area contributed by atoms with Crippen LogP contribution in [0.25, 0.3) is 0 Å². The average molecular weight is 870 g/mol. The zero-order valence-electron chi connectivity index (χ0n) is 38.3. The molecule has 0 aliphatic rings. The lowest BCUT2D eigenvalue weighted by molar-refractivity contribution is -0.870. The molecule has 0 amide bonds. The monoisotopic (exact) mass is 870 g/mol. The molecular formula is C50H80NO9P. The van der Waals surface area contributed by atoms with Crippen molar-refractivity contribution in [2.75, 3.05) is 47.5 Å². The normalized spacial score (nSPS) is 14.5. The van der Waals surface area contributed by atoms with Crippen molar-refractivity contribution in [1.82, 2.24) is 0 Å². The van der Waals surface area contributed by atoms with Gasteiger partial charge in [-0.3, -0.25) is 18.9 Å². The minimum absolute atomic E-state index is 0.0643. The second-order valence-corrected chi connectivity index (χ2v) is 17.1. The van der Waals surface area contributed by atoms with Crippen LogP contribution < -0.4 is 4.89 Å². The number of rotatable bonds is 39. The molecule has 0 N–H and O–H groups in total. The zero-order chi connectivity index (χ0) is 45.1. The minimum Gasteiger partial charge on any atom is -0.756 e. The lowest BCUT2D eigenvalue weighted by Crippen LogP contribution is -2.37. The number of quaternary nitrogens is 1. The largest absolute Gasteiger partial charge is 0.756 e. The molecule has 0 aromatic rings. The summed E-state index contributed by atoms with van der Waals surface area (Å²) in [4.78, 5) is 49.3. The number of carbonyl (C=O) groups excluding carboxylic acids is 3. The van der Waals surface area contributed by atoms with Gasteiger partial charge in [0.25, 0.3) is 7.82 Å². The molecule has 0 bridgehead atoms. The van der Waals surface area contributed by atoms with E-state index in [1.165, 1.54) is 0 Å². The summed E-state index contributed by atoms with van der Waals surface area (Å²) in [6.45, 7) is 3.79. The first-order valence-corrected chi connectivity index (χ1v) is 24.0. The highest BCUT2D eigenvalue weighted by molar-refractivity contribution is 7.45. The Hall–Kier alpha value is -3.66. The van der Waals surface area contributed by atoms with Crippen molar-refractivity contribution in [2.45, 2.75) is 142 Å². The third-order valence-electron chi connectivity index (χ3n) is 8.75. The van der Waals surface area contributed by atoms with Crippen molar-refractivity contribution >= 4 is 25.5 Å². The van der Waals surface area contributed by atoms with E-state index in [0.717, 1.165) is 83.5 Å². The van der Waals surface area contributed by atoms with Gasteiger partial charge in [0, 0.05) is 19.3 Å². The first kappa shape index (κ1) is 57.3. The molecule has 0 rings (SSSR count). The van der Waals surface area contributed by atoms with Gasteiger partial charge in [-0.15, -0.1) is 0 Å². The standard InChI is InChI=1S/C50H80NO9P/c1-6-8-10-11-12-13-14-15-16-17-18-19-20-21-24-27-30-33-37-41-49(53)57-45-48(46-59-61(55,56)58-44-43-51(3,4)5)60-50(54)42-38-34-31-28-25-22-23-26-29-32-36-40-47(52)39-35-9-7-2/h8,10,12-13,15-16,18-19,21-24,28-29,31-32,36,40,48H,6-7,9,11,14,17,20,25-27,30,33-35,37-39,41-46H2,1-5H3/b10-8-,13-12-,16-15-,19-18-,23-22-,24-21-,31-28-,32-29-,40-36+/t48-/m1/s1. The van der Waals surface area contributed by atoms with E-state index in [1.807, 2.05) is 45.4 Å². The van der Waals surface area contributed by atoms with E-state index in [9.17, 15) is 23.8 Å². The molecule has 0 aromatic carbocycles. The summed E-state index contributed by atoms with van der Waals surface area (Å²) in [5.41, 5.74) is 0. The van der Waals surface area contributed by atoms with Crippen molar-refractivity contribution in [1.29, 1.82) is 0 Å². The fourth-order valence-corrected chi connectivity index (χ4v) is 5.94. The van der Waals surface area contributed by atoms with Crippen LogP contribution in [0.4, 0.5) is 0 Å². The SMILES string of the molecule is CC/C=C\C/C=C\C/C=C\C/C=C\C/C=C\CCCCCC(=O)OC[C@H](COP(=O)([O-])OCC[N+](C)(C)C)OC(=O)CCC/C=C\C/C=C\C/C=C\C=C\C(=O)CCCCC. The Labute approximate surface area is 370 Å². The van der Waals surface area contributed by atoms with Crippen LogP contribution >= 0.6 is 7.82 Å². The van der Waals surface area contributed by atoms with Crippen LogP contribution in [-0.4, -0.2) is 75.8 Å². The van der Waals surface area contributed by atoms with Crippen LogP contribution in [0.3, 0.4) is 0 Å². The van der Waals surface area contributed by atoms with Crippen molar-refractivity contribution in [3.8, 4) is 0 Å². The van der Waals surface area contributed by atoms with Gasteiger partial charge in [-0.2, -0.15) is 0 Å². The van der Waals surface area contributed by atoms with Crippen molar-refractivity contribution < 1.29 is 46.8 Å². The Bertz CT molecular complexity index is 1460. The number of esters is 2. The number of unbranched alkanes of at least 4 members (excludes halogenated alkanes) is 6. The Morgan fingerprint density at radius 3 is 1.67 bits per heavy atom. The maximum Gasteiger partial charge on any atom is 0.306 e. The average Bonchev–Trinajstić information content (AvgIpc) is 3.21. The molecule has 0 aromatic heterocycles. The minimum atomic E-state index is -4.67. The number of allylic oxidation sites excluding steroid dienone is 18. The van der Waals surface area contributed by atoms with Crippen LogP contribution in [0.15, 0.2) is 109 Å². The van der Waals surface area contributed by atoms with E-state index >= 15 is 0 Å². The summed E-state index contributed by atoms with van der Waals surface area (Å²) in [6, 6.07) is 0. The van der Waals surface area contributed by atoms with Crippen molar-refractivity contribution in [2.24, 2.45) is 0 Å². The van der Waals surface area contributed by atoms with E-state index in [4.69, 9.17) is 18.5 Å². The number of phosphoric ester groups is 1. The number of ether oxygens (including phenoxy) is 2. The molecule has 2 atom stereocenters. The highest BCUT2D eigenvalue weighted by atomic mass is 31.2. The summed E-state index contributed by atoms with van der Waals surface area (Å²) in [7, 11) is 1.05. The highest BCUT2D eigenvalue weighted by Crippen LogP contribution is 2.38. The Kier molecular flexibility index (Phi) is 38.0. The Balaban J connectivity index is 4.57. The molecule has 344 valence electrons. The van der Waals surface area contributed by atoms with E-state index in [-0.39, 0.29) is 31.8 Å². The van der Waals surface area contributed by atoms with Gasteiger partial charge in [-0.25, -0.2) is 0 Å². The maximum atomic E-state index is 12.7. The van der Waals surface area contributed by atoms with Gasteiger partial charge in [0.05, 0.1) is 27.7 Å². The molecule has 0 spiro atoms. The lowest BCUT2D eigenvalue weighted by Gasteiger charge is -2.28. The zero-order valence-corrected chi connectivity index (χ0v) is 39.2. The number of ketones is 1. The van der Waals surface area contributed by atoms with Crippen LogP contribution in [-0.2, 0) is 37.5 Å². The van der Waals surface area contributed by atoms with Crippen molar-refractivity contribution in [3.05, 3.63) is 109 Å². The number of hydrogen-bond acceptors (Lipinski definition) is 9. The highest BCUT2D eigenvalue weighted by Gasteiger charge is 2.21. The van der Waals surface area contributed by atoms with E-state index in [0.29, 0.717) is 36.7 Å². The number of phosphoric acid groups is 1. The second-order valence-electron chi connectivity index (χ2n) is 15.7. The molecule has 0 aliphatic carbocycles. The molecule has 0 fully saturated rings. The predicted octanol–water partition coefficient (Wildman–Crippen LogP) is 11.7. The quantitative estimate of drug-likeness (QED) is 0.0113. The molecule has 0 aliphatic heterocycles. The number of nitrogens with zero attached hydrogens (tertiary/aromatic N) is 1. The van der Waals surface area contributed by atoms with Gasteiger partial charge in [-0.05, 0) is 89.5 Å². The Morgan fingerprint density at radius 1 is 0.574 bits per heavy atom. The third kappa shape index (κ3) is 44.2. The summed E-state index contributed by atoms with van der Waals surface area (Å²) >= 11 is 0. The fourth-order valence-electron chi connectivity index (χ4n) is 5.21. The summed E-state index contributed by atoms with van der Waals surface area (Å²) in [5.74, 6) is -0.824. The second kappa shape index (κ2) is 40.4. The molecule has 0 saturated heterocycles. The van der Waals surface area contributed by atoms with E-state index < -0.39 is 32.5 Å². The van der Waals surface area contributed by atoms with Crippen molar-refractivity contribution in [3.63, 3.8) is 0 Å². The van der Waals surface area contributed by atoms with E-state index in [2.05, 4.69) is 86.8 Å². The molecule has 11 heteroatoms. The fraction of sp³-hybridized carbons (Fsp3) is 0.580. The van der Waals surface area contributed by atoms with Gasteiger partial charge in [0.15, 0.2) is 11.9 Å². The molecule has 0 radical (unpaired) electrons. The van der Waals surface area contributed by atoms with Gasteiger partial charge in [0.1, 0.15) is 19.8 Å². The Morgan fingerprint density at radius 2 is 1.10 bits per heavy atom. The number of carbonyl (C=O) groups is 3. The van der Waals surface area contributed by atoms with Gasteiger partial charge in [0.2, 0.25) is 0 Å². The summed E-state index contributed by atoms with van der Waals surface area (Å²) in [5, 5.41) is 0. The topological polar surface area (TPSA) is 128 Å². The van der Waals surface area contributed by atoms with E-state index in [1.54, 1.807) is 12.2 Å². The maximum absolute atomic E-state index is 12.7. The van der Waals surface area contributed by atoms with Gasteiger partial charge in [-0.1, -0.05) is 136 Å². The summed E-state index contributed by atoms with van der Waals surface area (Å²) in [6.07, 6.45) is 51.1. The molecule has 61 heavy (non-hydrogen) atoms. The number of likely N-dealkylation sites (N-methyl/N-ethyl adjacent to an activating group) is 1. The predicted molar refractivity (Wildman–Crippen MR) is 250 cm³/mol. The van der Waals surface area contributed by atoms with Crippen LogP contribution in [0.1, 0.15) is 136 Å². The molecule has 0 heterocycles. The first-order valence-electron chi connectivity index (χ1n) is 22.5. The van der Waals surface area contributed by atoms with Crippen LogP contribution in [0.2, 0.25) is 0 Å². The molecular weight excluding hydrogens is 790 g/mol. The number of hydrogen-bond donors (Lipinski definition) is 0.